The van der Waals surface area contributed by atoms with Crippen LogP contribution in [0.3, 0.4) is 0 Å². The molecule has 0 saturated carbocycles. The smallest absolute Gasteiger partial charge is 0.318 e. The van der Waals surface area contributed by atoms with E-state index < -0.39 is 52.9 Å². The van der Waals surface area contributed by atoms with E-state index in [0.29, 0.717) is 5.76 Å². The van der Waals surface area contributed by atoms with Gasteiger partial charge in [-0.15, -0.1) is 0 Å². The largest absolute Gasteiger partial charge is 0.483 e. The van der Waals surface area contributed by atoms with E-state index in [0.717, 1.165) is 0 Å². The van der Waals surface area contributed by atoms with Gasteiger partial charge in [-0.2, -0.15) is 0 Å². The van der Waals surface area contributed by atoms with Crippen molar-refractivity contribution in [3.63, 3.8) is 0 Å². The van der Waals surface area contributed by atoms with Crippen molar-refractivity contribution in [2.75, 3.05) is 0 Å². The molecule has 3 fully saturated rings. The molecule has 0 radical (unpaired) electrons. The number of ether oxygens (including phenoxy) is 3. The Bertz CT molecular complexity index is 715. The van der Waals surface area contributed by atoms with E-state index in [1.807, 2.05) is 0 Å². The molecule has 0 spiro atoms. The maximum absolute atomic E-state index is 12.8. The first-order chi connectivity index (χ1) is 12.0. The molecule has 7 nitrogen and oxygen atoms in total. The van der Waals surface area contributed by atoms with Crippen LogP contribution >= 0.6 is 0 Å². The molecule has 0 unspecified atom stereocenters. The lowest BCUT2D eigenvalue weighted by Crippen LogP contribution is -2.52. The summed E-state index contributed by atoms with van der Waals surface area (Å²) in [5, 5.41) is 22.2. The predicted octanol–water partition coefficient (Wildman–Crippen LogP) is 0.920. The van der Waals surface area contributed by atoms with Gasteiger partial charge >= 0.3 is 5.97 Å². The summed E-state index contributed by atoms with van der Waals surface area (Å²) < 4.78 is 17.6. The molecular weight excluding hydrogens is 340 g/mol. The summed E-state index contributed by atoms with van der Waals surface area (Å²) in [6, 6.07) is 0. The van der Waals surface area contributed by atoms with Crippen molar-refractivity contribution in [3.05, 3.63) is 11.8 Å². The summed E-state index contributed by atoms with van der Waals surface area (Å²) in [7, 11) is 0. The molecule has 0 aromatic rings. The number of carbonyl (C=O) groups excluding carboxylic acids is 2. The first-order valence-electron chi connectivity index (χ1n) is 9.20. The average molecular weight is 366 g/mol. The van der Waals surface area contributed by atoms with Crippen LogP contribution in [0.15, 0.2) is 11.8 Å². The summed E-state index contributed by atoms with van der Waals surface area (Å²) >= 11 is 0. The molecule has 2 bridgehead atoms. The standard InChI is InChI=1S/C19H26O7/c1-8(2)19(23)18(5)13-11(26-19)7-17(4)12(20)6-10(25-17)9(3)14(21)15(13)24-16(18)22/h6,8-9,11,13-15,21,23H,7H2,1-5H3/t9-,11-,13+,14-,15-,17+,18+,19+/m0/s1. The van der Waals surface area contributed by atoms with Crippen LogP contribution in [0, 0.1) is 23.2 Å². The molecule has 26 heavy (non-hydrogen) atoms. The number of ketones is 1. The zero-order chi connectivity index (χ0) is 19.2. The van der Waals surface area contributed by atoms with Crippen LogP contribution in [0.2, 0.25) is 0 Å². The van der Waals surface area contributed by atoms with Gasteiger partial charge in [-0.1, -0.05) is 20.8 Å². The summed E-state index contributed by atoms with van der Waals surface area (Å²) in [4.78, 5) is 25.4. The number of aliphatic hydroxyl groups excluding tert-OH is 1. The molecule has 2 N–H and O–H groups in total. The first kappa shape index (κ1) is 17.9. The molecule has 0 amide bonds. The molecule has 0 aromatic heterocycles. The number of hydrogen-bond donors (Lipinski definition) is 2. The Hall–Kier alpha value is -1.44. The second-order valence-corrected chi connectivity index (χ2v) is 8.83. The summed E-state index contributed by atoms with van der Waals surface area (Å²) in [5.74, 6) is -3.60. The van der Waals surface area contributed by atoms with Crippen molar-refractivity contribution in [1.29, 1.82) is 0 Å². The SMILES string of the molecule is CC(C)[C@@]1(O)O[C@H]2C[C@@]3(C)OC(=CC3=O)[C@H](C)[C@H](O)[C@H]3OC(=O)[C@@]1(C)[C@@H]32. The third kappa shape index (κ3) is 1.89. The van der Waals surface area contributed by atoms with Crippen molar-refractivity contribution in [3.8, 4) is 0 Å². The Morgan fingerprint density at radius 1 is 1.27 bits per heavy atom. The third-order valence-corrected chi connectivity index (χ3v) is 6.97. The molecule has 0 aromatic carbocycles. The predicted molar refractivity (Wildman–Crippen MR) is 88.5 cm³/mol. The molecule has 0 aliphatic carbocycles. The fourth-order valence-corrected chi connectivity index (χ4v) is 5.19. The number of fused-ring (bicyclic) bond motifs is 2. The average Bonchev–Trinajstić information content (AvgIpc) is 3.08. The van der Waals surface area contributed by atoms with Gasteiger partial charge in [-0.05, 0) is 13.8 Å². The van der Waals surface area contributed by atoms with Crippen molar-refractivity contribution in [1.82, 2.24) is 0 Å². The number of esters is 1. The van der Waals surface area contributed by atoms with E-state index >= 15 is 0 Å². The minimum absolute atomic E-state index is 0.174. The minimum Gasteiger partial charge on any atom is -0.483 e. The zero-order valence-electron chi connectivity index (χ0n) is 15.7. The van der Waals surface area contributed by atoms with E-state index in [4.69, 9.17) is 14.2 Å². The third-order valence-electron chi connectivity index (χ3n) is 6.97. The Morgan fingerprint density at radius 2 is 1.92 bits per heavy atom. The van der Waals surface area contributed by atoms with E-state index in [2.05, 4.69) is 0 Å². The topological polar surface area (TPSA) is 102 Å². The lowest BCUT2D eigenvalue weighted by Gasteiger charge is -2.37. The van der Waals surface area contributed by atoms with Gasteiger partial charge in [-0.25, -0.2) is 0 Å². The molecular formula is C19H26O7. The summed E-state index contributed by atoms with van der Waals surface area (Å²) in [6.45, 7) is 8.61. The molecule has 3 saturated heterocycles. The van der Waals surface area contributed by atoms with Crippen LogP contribution in [0.4, 0.5) is 0 Å². The van der Waals surface area contributed by atoms with Gasteiger partial charge in [-0.3, -0.25) is 9.59 Å². The highest BCUT2D eigenvalue weighted by Crippen LogP contribution is 2.61. The lowest BCUT2D eigenvalue weighted by molar-refractivity contribution is -0.264. The summed E-state index contributed by atoms with van der Waals surface area (Å²) in [5.41, 5.74) is -2.47. The van der Waals surface area contributed by atoms with E-state index in [9.17, 15) is 19.8 Å². The van der Waals surface area contributed by atoms with Gasteiger partial charge in [0.1, 0.15) is 23.4 Å². The van der Waals surface area contributed by atoms with Gasteiger partial charge in [0.15, 0.2) is 11.4 Å². The molecule has 4 heterocycles. The van der Waals surface area contributed by atoms with Crippen molar-refractivity contribution < 1.29 is 34.0 Å². The lowest BCUT2D eigenvalue weighted by atomic mass is 9.65. The Balaban J connectivity index is 1.87. The Kier molecular flexibility index (Phi) is 3.51. The number of rotatable bonds is 1. The molecule has 4 aliphatic rings. The van der Waals surface area contributed by atoms with Crippen LogP contribution in [0.5, 0.6) is 0 Å². The number of carbonyl (C=O) groups is 2. The van der Waals surface area contributed by atoms with Crippen molar-refractivity contribution in [2.45, 2.75) is 70.7 Å². The van der Waals surface area contributed by atoms with Crippen LogP contribution in [-0.4, -0.2) is 51.7 Å². The van der Waals surface area contributed by atoms with Crippen LogP contribution in [0.25, 0.3) is 0 Å². The van der Waals surface area contributed by atoms with E-state index in [1.165, 1.54) is 6.08 Å². The van der Waals surface area contributed by atoms with Gasteiger partial charge < -0.3 is 24.4 Å². The van der Waals surface area contributed by atoms with Crippen LogP contribution in [-0.2, 0) is 23.8 Å². The monoisotopic (exact) mass is 366 g/mol. The maximum atomic E-state index is 12.8. The summed E-state index contributed by atoms with van der Waals surface area (Å²) in [6.07, 6.45) is -0.971. The zero-order valence-corrected chi connectivity index (χ0v) is 15.7. The van der Waals surface area contributed by atoms with E-state index in [-0.39, 0.29) is 18.1 Å². The maximum Gasteiger partial charge on any atom is 0.318 e. The van der Waals surface area contributed by atoms with Crippen molar-refractivity contribution >= 4 is 11.8 Å². The second kappa shape index (κ2) is 5.09. The molecule has 4 rings (SSSR count). The fraction of sp³-hybridized carbons (Fsp3) is 0.789. The first-order valence-corrected chi connectivity index (χ1v) is 9.20. The highest BCUT2D eigenvalue weighted by atomic mass is 16.7. The van der Waals surface area contributed by atoms with Crippen LogP contribution < -0.4 is 0 Å². The van der Waals surface area contributed by atoms with E-state index in [1.54, 1.807) is 34.6 Å². The Morgan fingerprint density at radius 3 is 2.54 bits per heavy atom. The number of aliphatic hydroxyl groups is 2. The normalized spacial score (nSPS) is 52.8. The van der Waals surface area contributed by atoms with Crippen molar-refractivity contribution in [2.24, 2.45) is 23.2 Å². The molecule has 144 valence electrons. The highest BCUT2D eigenvalue weighted by Gasteiger charge is 2.76. The van der Waals surface area contributed by atoms with Gasteiger partial charge in [0.25, 0.3) is 0 Å². The Labute approximate surface area is 152 Å². The second-order valence-electron chi connectivity index (χ2n) is 8.83. The van der Waals surface area contributed by atoms with Gasteiger partial charge in [0.05, 0.1) is 6.10 Å². The minimum atomic E-state index is -1.75. The molecule has 4 aliphatic heterocycles. The number of hydrogen-bond acceptors (Lipinski definition) is 7. The van der Waals surface area contributed by atoms with Gasteiger partial charge in [0.2, 0.25) is 5.78 Å². The highest BCUT2D eigenvalue weighted by molar-refractivity contribution is 5.99. The fourth-order valence-electron chi connectivity index (χ4n) is 5.19. The molecule has 8 atom stereocenters. The van der Waals surface area contributed by atoms with Gasteiger partial charge in [0, 0.05) is 30.3 Å². The molecule has 7 heteroatoms. The van der Waals surface area contributed by atoms with Crippen LogP contribution in [0.1, 0.15) is 41.0 Å². The quantitative estimate of drug-likeness (QED) is 0.665.